The fourth-order valence-corrected chi connectivity index (χ4v) is 6.25. The maximum atomic E-state index is 13.5. The van der Waals surface area contributed by atoms with Gasteiger partial charge in [-0.1, -0.05) is 48.0 Å². The van der Waals surface area contributed by atoms with Crippen molar-refractivity contribution in [3.8, 4) is 0 Å². The van der Waals surface area contributed by atoms with Gasteiger partial charge in [-0.25, -0.2) is 12.8 Å². The molecule has 40 heavy (non-hydrogen) atoms. The van der Waals surface area contributed by atoms with Gasteiger partial charge in [0.15, 0.2) is 0 Å². The molecule has 0 aliphatic carbocycles. The third kappa shape index (κ3) is 7.68. The van der Waals surface area contributed by atoms with Gasteiger partial charge in [-0.3, -0.25) is 9.59 Å². The number of amides is 2. The second kappa shape index (κ2) is 13.4. The largest absolute Gasteiger partial charge is 0.350 e. The van der Waals surface area contributed by atoms with E-state index in [0.29, 0.717) is 30.1 Å². The first-order chi connectivity index (χ1) is 19.1. The normalized spacial score (nSPS) is 14.6. The number of benzene rings is 3. The number of hydrogen-bond acceptors (Lipinski definition) is 4. The fraction of sp³-hybridized carbons (Fsp3) is 0.333. The Balaban J connectivity index is 1.42. The van der Waals surface area contributed by atoms with E-state index >= 15 is 0 Å². The van der Waals surface area contributed by atoms with Crippen molar-refractivity contribution >= 4 is 33.4 Å². The lowest BCUT2D eigenvalue weighted by Gasteiger charge is -2.29. The Kier molecular flexibility index (Phi) is 9.95. The molecule has 1 unspecified atom stereocenters. The van der Waals surface area contributed by atoms with Crippen molar-refractivity contribution in [2.45, 2.75) is 56.6 Å². The molecule has 1 aliphatic heterocycles. The van der Waals surface area contributed by atoms with Crippen molar-refractivity contribution < 1.29 is 22.4 Å². The molecule has 4 rings (SSSR count). The van der Waals surface area contributed by atoms with Crippen molar-refractivity contribution in [1.82, 2.24) is 14.5 Å². The molecule has 212 valence electrons. The standard InChI is InChI=1S/C30H33ClFN3O4S/c1-22(30(37)33-20-24-4-11-26(31)12-5-24)35(21-25-6-13-27(32)14-7-25)29(36)17-10-23-8-15-28(16-9-23)40(38,39)34-18-2-3-19-34/h4-9,11-16,22H,2-3,10,17-21H2,1H3,(H,33,37). The van der Waals surface area contributed by atoms with Crippen molar-refractivity contribution in [2.24, 2.45) is 0 Å². The zero-order valence-corrected chi connectivity index (χ0v) is 23.9. The number of nitrogens with one attached hydrogen (secondary N) is 1. The molecule has 1 atom stereocenters. The molecule has 3 aromatic carbocycles. The molecule has 1 N–H and O–H groups in total. The van der Waals surface area contributed by atoms with Crippen LogP contribution in [0, 0.1) is 5.82 Å². The van der Waals surface area contributed by atoms with Gasteiger partial charge in [0.25, 0.3) is 0 Å². The van der Waals surface area contributed by atoms with Gasteiger partial charge in [0, 0.05) is 37.6 Å². The molecule has 2 amide bonds. The van der Waals surface area contributed by atoms with E-state index in [4.69, 9.17) is 11.6 Å². The fourth-order valence-electron chi connectivity index (χ4n) is 4.61. The summed E-state index contributed by atoms with van der Waals surface area (Å²) in [5, 5.41) is 3.47. The lowest BCUT2D eigenvalue weighted by molar-refractivity contribution is -0.140. The van der Waals surface area contributed by atoms with E-state index in [1.807, 2.05) is 12.1 Å². The monoisotopic (exact) mass is 585 g/mol. The van der Waals surface area contributed by atoms with Crippen LogP contribution in [0.15, 0.2) is 77.7 Å². The summed E-state index contributed by atoms with van der Waals surface area (Å²) in [6, 6.07) is 18.8. The molecule has 0 aromatic heterocycles. The Bertz CT molecular complexity index is 1410. The van der Waals surface area contributed by atoms with Crippen molar-refractivity contribution in [3.63, 3.8) is 0 Å². The van der Waals surface area contributed by atoms with Crippen LogP contribution in [0.4, 0.5) is 4.39 Å². The number of sulfonamides is 1. The third-order valence-electron chi connectivity index (χ3n) is 7.07. The van der Waals surface area contributed by atoms with Crippen LogP contribution in [-0.2, 0) is 39.1 Å². The first-order valence-electron chi connectivity index (χ1n) is 13.3. The molecule has 7 nitrogen and oxygen atoms in total. The second-order valence-electron chi connectivity index (χ2n) is 9.92. The van der Waals surface area contributed by atoms with E-state index in [-0.39, 0.29) is 42.0 Å². The maximum absolute atomic E-state index is 13.5. The minimum atomic E-state index is -3.51. The Morgan fingerprint density at radius 3 is 2.12 bits per heavy atom. The summed E-state index contributed by atoms with van der Waals surface area (Å²) in [5.41, 5.74) is 2.38. The van der Waals surface area contributed by atoms with Crippen LogP contribution in [0.2, 0.25) is 5.02 Å². The minimum Gasteiger partial charge on any atom is -0.350 e. The number of hydrogen-bond donors (Lipinski definition) is 1. The molecule has 0 bridgehead atoms. The summed E-state index contributed by atoms with van der Waals surface area (Å²) in [6.07, 6.45) is 2.23. The van der Waals surface area contributed by atoms with Crippen LogP contribution >= 0.6 is 11.6 Å². The summed E-state index contributed by atoms with van der Waals surface area (Å²) in [7, 11) is -3.51. The quantitative estimate of drug-likeness (QED) is 0.346. The Morgan fingerprint density at radius 1 is 0.925 bits per heavy atom. The van der Waals surface area contributed by atoms with Crippen LogP contribution in [0.3, 0.4) is 0 Å². The average Bonchev–Trinajstić information content (AvgIpc) is 3.51. The predicted octanol–water partition coefficient (Wildman–Crippen LogP) is 4.93. The van der Waals surface area contributed by atoms with E-state index in [0.717, 1.165) is 24.0 Å². The van der Waals surface area contributed by atoms with Gasteiger partial charge in [0.2, 0.25) is 21.8 Å². The molecule has 1 aliphatic rings. The van der Waals surface area contributed by atoms with Crippen LogP contribution in [0.25, 0.3) is 0 Å². The Morgan fingerprint density at radius 2 is 1.50 bits per heavy atom. The third-order valence-corrected chi connectivity index (χ3v) is 9.23. The Labute approximate surface area is 240 Å². The van der Waals surface area contributed by atoms with Crippen LogP contribution < -0.4 is 5.32 Å². The van der Waals surface area contributed by atoms with Gasteiger partial charge >= 0.3 is 0 Å². The zero-order valence-electron chi connectivity index (χ0n) is 22.4. The lowest BCUT2D eigenvalue weighted by atomic mass is 10.1. The number of nitrogens with zero attached hydrogens (tertiary/aromatic N) is 2. The van der Waals surface area contributed by atoms with Gasteiger partial charge in [-0.05, 0) is 79.3 Å². The molecule has 3 aromatic rings. The summed E-state index contributed by atoms with van der Waals surface area (Å²) >= 11 is 5.93. The Hall–Kier alpha value is -3.27. The second-order valence-corrected chi connectivity index (χ2v) is 12.3. The molecular weight excluding hydrogens is 553 g/mol. The highest BCUT2D eigenvalue weighted by molar-refractivity contribution is 7.89. The molecule has 1 heterocycles. The van der Waals surface area contributed by atoms with Crippen LogP contribution in [0.1, 0.15) is 42.9 Å². The first kappa shape index (κ1) is 29.7. The van der Waals surface area contributed by atoms with Gasteiger partial charge in [0.05, 0.1) is 4.90 Å². The van der Waals surface area contributed by atoms with Crippen molar-refractivity contribution in [1.29, 1.82) is 0 Å². The predicted molar refractivity (Wildman–Crippen MR) is 152 cm³/mol. The van der Waals surface area contributed by atoms with Crippen LogP contribution in [0.5, 0.6) is 0 Å². The average molecular weight is 586 g/mol. The molecule has 1 saturated heterocycles. The van der Waals surface area contributed by atoms with Crippen molar-refractivity contribution in [2.75, 3.05) is 13.1 Å². The summed E-state index contributed by atoms with van der Waals surface area (Å²) in [4.78, 5) is 28.2. The molecule has 0 saturated carbocycles. The lowest BCUT2D eigenvalue weighted by Crippen LogP contribution is -2.47. The maximum Gasteiger partial charge on any atom is 0.243 e. The number of carbonyl (C=O) groups is 2. The molecule has 0 radical (unpaired) electrons. The zero-order chi connectivity index (χ0) is 28.7. The number of carbonyl (C=O) groups excluding carboxylic acids is 2. The van der Waals surface area contributed by atoms with Gasteiger partial charge in [-0.15, -0.1) is 0 Å². The van der Waals surface area contributed by atoms with Crippen LogP contribution in [-0.4, -0.2) is 48.6 Å². The highest BCUT2D eigenvalue weighted by Gasteiger charge is 2.28. The van der Waals surface area contributed by atoms with E-state index in [1.54, 1.807) is 55.5 Å². The molecular formula is C30H33ClFN3O4S. The topological polar surface area (TPSA) is 86.8 Å². The summed E-state index contributed by atoms with van der Waals surface area (Å²) < 4.78 is 40.5. The summed E-state index contributed by atoms with van der Waals surface area (Å²) in [6.45, 7) is 3.16. The van der Waals surface area contributed by atoms with E-state index in [2.05, 4.69) is 5.32 Å². The molecule has 10 heteroatoms. The SMILES string of the molecule is CC(C(=O)NCc1ccc(Cl)cc1)N(Cc1ccc(F)cc1)C(=O)CCc1ccc(S(=O)(=O)N2CCCC2)cc1. The summed E-state index contributed by atoms with van der Waals surface area (Å²) in [5.74, 6) is -0.945. The first-order valence-corrected chi connectivity index (χ1v) is 15.1. The minimum absolute atomic E-state index is 0.119. The molecule has 0 spiro atoms. The van der Waals surface area contributed by atoms with E-state index in [9.17, 15) is 22.4 Å². The smallest absolute Gasteiger partial charge is 0.243 e. The van der Waals surface area contributed by atoms with Gasteiger partial charge < -0.3 is 10.2 Å². The van der Waals surface area contributed by atoms with E-state index in [1.165, 1.54) is 21.3 Å². The van der Waals surface area contributed by atoms with Gasteiger partial charge in [-0.2, -0.15) is 4.31 Å². The molecule has 1 fully saturated rings. The van der Waals surface area contributed by atoms with Crippen molar-refractivity contribution in [3.05, 3.63) is 100 Å². The van der Waals surface area contributed by atoms with E-state index < -0.39 is 16.1 Å². The number of aryl methyl sites for hydroxylation is 1. The highest BCUT2D eigenvalue weighted by atomic mass is 35.5. The van der Waals surface area contributed by atoms with Gasteiger partial charge in [0.1, 0.15) is 11.9 Å². The highest BCUT2D eigenvalue weighted by Crippen LogP contribution is 2.22. The number of halogens is 2. The number of rotatable bonds is 11.